The molecule has 1 saturated heterocycles. The molecule has 3 aromatic rings. The van der Waals surface area contributed by atoms with Gasteiger partial charge in [0.25, 0.3) is 11.8 Å². The van der Waals surface area contributed by atoms with Crippen LogP contribution in [0, 0.1) is 6.92 Å². The van der Waals surface area contributed by atoms with Gasteiger partial charge in [-0.15, -0.1) is 6.58 Å². The standard InChI is InChI=1S/C23H19N3O2S/c1-3-13-25-15(2)18(17-11-7-8-12-20(17)25)14-19-21(27)24-23(29)26(22(19)28)16-9-5-4-6-10-16/h3-12,14H,1,13H2,2H3,(H,24,27,29)/b19-14+. The number of hydrogen-bond donors (Lipinski definition) is 1. The number of nitrogens with one attached hydrogen (secondary N) is 1. The molecule has 1 aromatic heterocycles. The van der Waals surface area contributed by atoms with Crippen LogP contribution in [0.4, 0.5) is 5.69 Å². The number of carbonyl (C=O) groups excluding carboxylic acids is 2. The average Bonchev–Trinajstić information content (AvgIpc) is 2.98. The van der Waals surface area contributed by atoms with E-state index in [2.05, 4.69) is 16.5 Å². The number of aromatic nitrogens is 1. The van der Waals surface area contributed by atoms with Crippen molar-refractivity contribution in [2.45, 2.75) is 13.5 Å². The number of carbonyl (C=O) groups is 2. The van der Waals surface area contributed by atoms with Crippen LogP contribution in [0.3, 0.4) is 0 Å². The van der Waals surface area contributed by atoms with Crippen LogP contribution in [0.2, 0.25) is 0 Å². The molecule has 0 aliphatic carbocycles. The minimum Gasteiger partial charge on any atom is -0.340 e. The Morgan fingerprint density at radius 2 is 1.76 bits per heavy atom. The molecule has 0 spiro atoms. The van der Waals surface area contributed by atoms with Crippen LogP contribution in [0.5, 0.6) is 0 Å². The van der Waals surface area contributed by atoms with Gasteiger partial charge in [0.1, 0.15) is 5.57 Å². The number of thiocarbonyl (C=S) groups is 1. The Kier molecular flexibility index (Phi) is 4.86. The van der Waals surface area contributed by atoms with Gasteiger partial charge in [0, 0.05) is 28.7 Å². The third kappa shape index (κ3) is 3.17. The van der Waals surface area contributed by atoms with Crippen LogP contribution in [0.15, 0.2) is 72.8 Å². The Labute approximate surface area is 173 Å². The van der Waals surface area contributed by atoms with E-state index in [-0.39, 0.29) is 10.7 Å². The molecule has 144 valence electrons. The fourth-order valence-electron chi connectivity index (χ4n) is 3.62. The van der Waals surface area contributed by atoms with Gasteiger partial charge in [-0.1, -0.05) is 42.5 Å². The normalized spacial score (nSPS) is 15.8. The highest BCUT2D eigenvalue weighted by Crippen LogP contribution is 2.29. The summed E-state index contributed by atoms with van der Waals surface area (Å²) in [7, 11) is 0. The maximum atomic E-state index is 13.2. The first-order chi connectivity index (χ1) is 14.0. The molecule has 1 fully saturated rings. The maximum absolute atomic E-state index is 13.2. The number of amides is 2. The minimum atomic E-state index is -0.493. The van der Waals surface area contributed by atoms with Gasteiger partial charge >= 0.3 is 0 Å². The van der Waals surface area contributed by atoms with Gasteiger partial charge in [-0.05, 0) is 43.4 Å². The molecule has 0 unspecified atom stereocenters. The van der Waals surface area contributed by atoms with Crippen molar-refractivity contribution in [3.8, 4) is 0 Å². The zero-order valence-electron chi connectivity index (χ0n) is 15.9. The van der Waals surface area contributed by atoms with Crippen molar-refractivity contribution < 1.29 is 9.59 Å². The van der Waals surface area contributed by atoms with Crippen molar-refractivity contribution in [1.82, 2.24) is 9.88 Å². The van der Waals surface area contributed by atoms with Crippen molar-refractivity contribution >= 4 is 51.8 Å². The van der Waals surface area contributed by atoms with Gasteiger partial charge in [-0.3, -0.25) is 19.8 Å². The highest BCUT2D eigenvalue weighted by atomic mass is 32.1. The molecule has 4 rings (SSSR count). The highest BCUT2D eigenvalue weighted by Gasteiger charge is 2.34. The topological polar surface area (TPSA) is 54.3 Å². The average molecular weight is 401 g/mol. The summed E-state index contributed by atoms with van der Waals surface area (Å²) < 4.78 is 2.11. The van der Waals surface area contributed by atoms with E-state index >= 15 is 0 Å². The summed E-state index contributed by atoms with van der Waals surface area (Å²) >= 11 is 5.25. The molecular formula is C23H19N3O2S. The molecule has 2 aromatic carbocycles. The molecule has 1 N–H and O–H groups in total. The van der Waals surface area contributed by atoms with Crippen LogP contribution in [-0.4, -0.2) is 21.5 Å². The zero-order chi connectivity index (χ0) is 20.5. The first kappa shape index (κ1) is 18.8. The van der Waals surface area contributed by atoms with Gasteiger partial charge < -0.3 is 4.57 Å². The summed E-state index contributed by atoms with van der Waals surface area (Å²) in [6.45, 7) is 6.44. The third-order valence-electron chi connectivity index (χ3n) is 5.00. The smallest absolute Gasteiger partial charge is 0.270 e. The second-order valence-corrected chi connectivity index (χ2v) is 7.10. The SMILES string of the molecule is C=CCn1c(C)c(/C=C2\C(=O)NC(=S)N(c3ccccc3)C2=O)c2ccccc21. The zero-order valence-corrected chi connectivity index (χ0v) is 16.7. The molecular weight excluding hydrogens is 382 g/mol. The number of fused-ring (bicyclic) bond motifs is 1. The summed E-state index contributed by atoms with van der Waals surface area (Å²) in [5, 5.41) is 3.68. The Morgan fingerprint density at radius 1 is 1.07 bits per heavy atom. The van der Waals surface area contributed by atoms with E-state index in [0.29, 0.717) is 12.2 Å². The van der Waals surface area contributed by atoms with Crippen molar-refractivity contribution in [1.29, 1.82) is 0 Å². The predicted octanol–water partition coefficient (Wildman–Crippen LogP) is 3.97. The van der Waals surface area contributed by atoms with E-state index in [1.54, 1.807) is 18.2 Å². The maximum Gasteiger partial charge on any atom is 0.270 e. The quantitative estimate of drug-likeness (QED) is 0.312. The molecule has 29 heavy (non-hydrogen) atoms. The molecule has 2 heterocycles. The van der Waals surface area contributed by atoms with E-state index in [0.717, 1.165) is 22.2 Å². The molecule has 0 saturated carbocycles. The molecule has 0 bridgehead atoms. The largest absolute Gasteiger partial charge is 0.340 e. The Balaban J connectivity index is 1.87. The summed E-state index contributed by atoms with van der Waals surface area (Å²) in [6, 6.07) is 17.0. The lowest BCUT2D eigenvalue weighted by Gasteiger charge is -2.28. The molecule has 6 heteroatoms. The predicted molar refractivity (Wildman–Crippen MR) is 120 cm³/mol. The van der Waals surface area contributed by atoms with Gasteiger partial charge in [-0.2, -0.15) is 0 Å². The minimum absolute atomic E-state index is 0.0482. The Hall–Kier alpha value is -3.51. The molecule has 2 amide bonds. The molecule has 0 atom stereocenters. The Morgan fingerprint density at radius 3 is 2.48 bits per heavy atom. The number of anilines is 1. The third-order valence-corrected chi connectivity index (χ3v) is 5.28. The van der Waals surface area contributed by atoms with E-state index in [4.69, 9.17) is 12.2 Å². The van der Waals surface area contributed by atoms with E-state index in [1.165, 1.54) is 4.90 Å². The number of nitrogens with zero attached hydrogens (tertiary/aromatic N) is 2. The van der Waals surface area contributed by atoms with Gasteiger partial charge in [0.2, 0.25) is 0 Å². The van der Waals surface area contributed by atoms with Crippen molar-refractivity contribution in [3.63, 3.8) is 0 Å². The van der Waals surface area contributed by atoms with Crippen LogP contribution in [0.1, 0.15) is 11.3 Å². The molecule has 0 radical (unpaired) electrons. The van der Waals surface area contributed by atoms with Crippen molar-refractivity contribution in [3.05, 3.63) is 84.1 Å². The van der Waals surface area contributed by atoms with Crippen LogP contribution >= 0.6 is 12.2 Å². The van der Waals surface area contributed by atoms with Crippen LogP contribution in [0.25, 0.3) is 17.0 Å². The monoisotopic (exact) mass is 401 g/mol. The number of allylic oxidation sites excluding steroid dienone is 1. The van der Waals surface area contributed by atoms with Crippen LogP contribution in [-0.2, 0) is 16.1 Å². The fraction of sp³-hybridized carbons (Fsp3) is 0.0870. The van der Waals surface area contributed by atoms with E-state index < -0.39 is 11.8 Å². The lowest BCUT2D eigenvalue weighted by Crippen LogP contribution is -2.54. The second kappa shape index (κ2) is 7.48. The second-order valence-electron chi connectivity index (χ2n) is 6.71. The molecule has 1 aliphatic rings. The first-order valence-electron chi connectivity index (χ1n) is 9.18. The Bertz CT molecular complexity index is 1190. The highest BCUT2D eigenvalue weighted by molar-refractivity contribution is 7.80. The van der Waals surface area contributed by atoms with Gasteiger partial charge in [0.15, 0.2) is 5.11 Å². The van der Waals surface area contributed by atoms with Crippen LogP contribution < -0.4 is 10.2 Å². The van der Waals surface area contributed by atoms with Gasteiger partial charge in [0.05, 0.1) is 5.69 Å². The lowest BCUT2D eigenvalue weighted by atomic mass is 10.0. The van der Waals surface area contributed by atoms with Crippen molar-refractivity contribution in [2.24, 2.45) is 0 Å². The first-order valence-corrected chi connectivity index (χ1v) is 9.59. The molecule has 1 aliphatic heterocycles. The number of hydrogen-bond acceptors (Lipinski definition) is 3. The lowest BCUT2D eigenvalue weighted by molar-refractivity contribution is -0.122. The van der Waals surface area contributed by atoms with Crippen molar-refractivity contribution in [2.75, 3.05) is 4.90 Å². The molecule has 5 nitrogen and oxygen atoms in total. The van der Waals surface area contributed by atoms with E-state index in [1.807, 2.05) is 55.5 Å². The summed E-state index contributed by atoms with van der Waals surface area (Å²) in [6.07, 6.45) is 3.48. The summed E-state index contributed by atoms with van der Waals surface area (Å²) in [4.78, 5) is 27.2. The number of rotatable bonds is 4. The van der Waals surface area contributed by atoms with E-state index in [9.17, 15) is 9.59 Å². The number of benzene rings is 2. The summed E-state index contributed by atoms with van der Waals surface area (Å²) in [5.74, 6) is -0.933. The number of para-hydroxylation sites is 2. The van der Waals surface area contributed by atoms with Gasteiger partial charge in [-0.25, -0.2) is 0 Å². The fourth-order valence-corrected chi connectivity index (χ4v) is 3.90. The summed E-state index contributed by atoms with van der Waals surface area (Å²) in [5.41, 5.74) is 3.47.